The van der Waals surface area contributed by atoms with Crippen molar-refractivity contribution in [2.24, 2.45) is 0 Å². The predicted molar refractivity (Wildman–Crippen MR) is 289 cm³/mol. The van der Waals surface area contributed by atoms with Crippen molar-refractivity contribution in [2.45, 2.75) is 55.4 Å². The molecule has 0 saturated carbocycles. The van der Waals surface area contributed by atoms with E-state index in [2.05, 4.69) is 235 Å². The summed E-state index contributed by atoms with van der Waals surface area (Å²) in [6, 6.07) is 61.8. The van der Waals surface area contributed by atoms with Gasteiger partial charge in [0.25, 0.3) is 0 Å². The first kappa shape index (κ1) is 41.4. The Morgan fingerprint density at radius 2 is 0.721 bits per heavy atom. The third kappa shape index (κ3) is 6.50. The van der Waals surface area contributed by atoms with Gasteiger partial charge in [-0.3, -0.25) is 0 Å². The van der Waals surface area contributed by atoms with Gasteiger partial charge < -0.3 is 18.6 Å². The van der Waals surface area contributed by atoms with Crippen LogP contribution in [0.5, 0.6) is 0 Å². The Morgan fingerprint density at radius 1 is 0.309 bits per heavy atom. The summed E-state index contributed by atoms with van der Waals surface area (Å²) in [4.78, 5) is 4.89. The van der Waals surface area contributed by atoms with E-state index in [0.29, 0.717) is 0 Å². The molecule has 0 aliphatic carbocycles. The van der Waals surface area contributed by atoms with Crippen molar-refractivity contribution in [3.05, 3.63) is 214 Å². The molecule has 0 aliphatic rings. The Bertz CT molecular complexity index is 3710. The number of nitrogens with zero attached hydrogens (tertiary/aromatic N) is 2. The molecule has 10 aromatic carbocycles. The molecule has 0 atom stereocenters. The lowest BCUT2D eigenvalue weighted by molar-refractivity contribution is 0.665. The largest absolute Gasteiger partial charge is 0.456 e. The molecule has 12 aromatic rings. The van der Waals surface area contributed by atoms with Gasteiger partial charge in [0, 0.05) is 38.5 Å². The van der Waals surface area contributed by atoms with Crippen molar-refractivity contribution in [3.8, 4) is 11.1 Å². The van der Waals surface area contributed by atoms with Crippen molar-refractivity contribution < 1.29 is 8.83 Å². The minimum Gasteiger partial charge on any atom is -0.456 e. The Morgan fingerprint density at radius 3 is 1.16 bits per heavy atom. The van der Waals surface area contributed by atoms with Gasteiger partial charge in [0.05, 0.1) is 22.7 Å². The summed E-state index contributed by atoms with van der Waals surface area (Å²) in [5, 5.41) is 8.75. The molecule has 0 unspecified atom stereocenters. The molecule has 0 radical (unpaired) electrons. The minimum atomic E-state index is 0.838. The van der Waals surface area contributed by atoms with Crippen molar-refractivity contribution >= 4 is 99.5 Å². The molecule has 0 bridgehead atoms. The second kappa shape index (κ2) is 15.8. The smallest absolute Gasteiger partial charge is 0.144 e. The lowest BCUT2D eigenvalue weighted by Crippen LogP contribution is -2.15. The number of hydrogen-bond donors (Lipinski definition) is 0. The molecule has 0 amide bonds. The van der Waals surface area contributed by atoms with E-state index in [4.69, 9.17) is 8.83 Å². The minimum absolute atomic E-state index is 0.838. The molecule has 12 rings (SSSR count). The van der Waals surface area contributed by atoms with Crippen LogP contribution in [-0.4, -0.2) is 0 Å². The first-order valence-electron chi connectivity index (χ1n) is 23.7. The predicted octanol–water partition coefficient (Wildman–Crippen LogP) is 18.9. The van der Waals surface area contributed by atoms with Gasteiger partial charge in [-0.25, -0.2) is 0 Å². The Kier molecular flexibility index (Phi) is 9.60. The van der Waals surface area contributed by atoms with Crippen LogP contribution in [0.4, 0.5) is 34.1 Å². The van der Waals surface area contributed by atoms with E-state index in [1.165, 1.54) is 67.3 Å². The van der Waals surface area contributed by atoms with Crippen molar-refractivity contribution in [3.63, 3.8) is 0 Å². The van der Waals surface area contributed by atoms with Gasteiger partial charge in [-0.2, -0.15) is 0 Å². The van der Waals surface area contributed by atoms with Gasteiger partial charge in [0.2, 0.25) is 0 Å². The highest BCUT2D eigenvalue weighted by Gasteiger charge is 2.25. The molecular weight excluding hydrogens is 829 g/mol. The number of rotatable bonds is 7. The summed E-state index contributed by atoms with van der Waals surface area (Å²) in [5.41, 5.74) is 22.4. The molecule has 0 N–H and O–H groups in total. The number of furan rings is 2. The molecule has 0 saturated heterocycles. The molecule has 2 heterocycles. The average Bonchev–Trinajstić information content (AvgIpc) is 3.86. The van der Waals surface area contributed by atoms with Gasteiger partial charge >= 0.3 is 0 Å². The first-order chi connectivity index (χ1) is 33.0. The van der Waals surface area contributed by atoms with Gasteiger partial charge in [0.15, 0.2) is 0 Å². The zero-order valence-electron chi connectivity index (χ0n) is 39.9. The maximum atomic E-state index is 7.11. The maximum absolute atomic E-state index is 7.11. The summed E-state index contributed by atoms with van der Waals surface area (Å²) in [6.07, 6.45) is 0. The third-order valence-corrected chi connectivity index (χ3v) is 14.3. The molecule has 4 heteroatoms. The van der Waals surface area contributed by atoms with Crippen LogP contribution in [0.2, 0.25) is 0 Å². The maximum Gasteiger partial charge on any atom is 0.144 e. The fourth-order valence-electron chi connectivity index (χ4n) is 11.2. The van der Waals surface area contributed by atoms with E-state index in [9.17, 15) is 0 Å². The summed E-state index contributed by atoms with van der Waals surface area (Å²) >= 11 is 0. The second-order valence-corrected chi connectivity index (χ2v) is 19.0. The van der Waals surface area contributed by atoms with Crippen LogP contribution in [0.15, 0.2) is 179 Å². The first-order valence-corrected chi connectivity index (χ1v) is 23.7. The quantitative estimate of drug-likeness (QED) is 0.160. The fourth-order valence-corrected chi connectivity index (χ4v) is 11.2. The van der Waals surface area contributed by atoms with Gasteiger partial charge in [-0.05, 0) is 182 Å². The van der Waals surface area contributed by atoms with Crippen LogP contribution in [-0.2, 0) is 0 Å². The lowest BCUT2D eigenvalue weighted by Gasteiger charge is -2.31. The van der Waals surface area contributed by atoms with E-state index in [1.54, 1.807) is 0 Å². The molecule has 68 heavy (non-hydrogen) atoms. The third-order valence-electron chi connectivity index (χ3n) is 14.3. The highest BCUT2D eigenvalue weighted by molar-refractivity contribution is 6.25. The molecular formula is C64H52N2O2. The summed E-state index contributed by atoms with van der Waals surface area (Å²) in [7, 11) is 0. The van der Waals surface area contributed by atoms with Crippen molar-refractivity contribution in [1.82, 2.24) is 0 Å². The Hall–Kier alpha value is -8.08. The highest BCUT2D eigenvalue weighted by atomic mass is 16.3. The van der Waals surface area contributed by atoms with Crippen LogP contribution >= 0.6 is 0 Å². The second-order valence-electron chi connectivity index (χ2n) is 19.0. The summed E-state index contributed by atoms with van der Waals surface area (Å²) < 4.78 is 14.1. The fraction of sp³-hybridized carbons (Fsp3) is 0.125. The standard InChI is InChI=1S/C64H52N2O2/c1-37-16-12-17-38(2)60(37)65(61-39(3)18-13-19-40(61)4)50-28-26-46-32-52-53-36-57-59(58(45-24-10-9-11-25-45)64(53)68-55(52)34-48(46)30-50)54-33-47-27-29-51(31-49(47)35-56(54)67-57)66(62-41(5)20-14-21-42(62)6)63-43(7)22-15-23-44(63)8/h9-36H,1-8H3. The molecule has 330 valence electrons. The Labute approximate surface area is 397 Å². The number of aryl methyl sites for hydroxylation is 8. The van der Waals surface area contributed by atoms with E-state index < -0.39 is 0 Å². The number of anilines is 6. The van der Waals surface area contributed by atoms with Gasteiger partial charge in [-0.1, -0.05) is 115 Å². The molecule has 0 aliphatic heterocycles. The topological polar surface area (TPSA) is 32.8 Å². The van der Waals surface area contributed by atoms with Crippen LogP contribution < -0.4 is 9.80 Å². The zero-order chi connectivity index (χ0) is 46.5. The normalized spacial score (nSPS) is 11.8. The Balaban J connectivity index is 1.05. The zero-order valence-corrected chi connectivity index (χ0v) is 39.9. The molecule has 0 fully saturated rings. The monoisotopic (exact) mass is 880 g/mol. The van der Waals surface area contributed by atoms with Crippen LogP contribution in [0.1, 0.15) is 44.5 Å². The SMILES string of the molecule is Cc1cccc(C)c1N(c1ccc2cc3c(cc2c1)oc1c(-c2ccccc2)c2c(cc13)oc1cc3cc(N(c4c(C)cccc4C)c4c(C)cccc4C)ccc3cc12)c1c(C)cccc1C. The molecule has 2 aromatic heterocycles. The number of hydrogen-bond acceptors (Lipinski definition) is 4. The van der Waals surface area contributed by atoms with Gasteiger partial charge in [0.1, 0.15) is 22.3 Å². The summed E-state index contributed by atoms with van der Waals surface area (Å²) in [6.45, 7) is 17.7. The number of benzene rings is 10. The van der Waals surface area contributed by atoms with E-state index in [0.717, 1.165) is 87.9 Å². The molecule has 0 spiro atoms. The van der Waals surface area contributed by atoms with Crippen LogP contribution in [0.3, 0.4) is 0 Å². The lowest BCUT2D eigenvalue weighted by atomic mass is 9.95. The van der Waals surface area contributed by atoms with E-state index in [-0.39, 0.29) is 0 Å². The van der Waals surface area contributed by atoms with E-state index in [1.807, 2.05) is 0 Å². The van der Waals surface area contributed by atoms with Crippen molar-refractivity contribution in [2.75, 3.05) is 9.80 Å². The number of fused-ring (bicyclic) bond motifs is 8. The van der Waals surface area contributed by atoms with Crippen LogP contribution in [0, 0.1) is 55.4 Å². The van der Waals surface area contributed by atoms with Crippen LogP contribution in [0.25, 0.3) is 76.5 Å². The average molecular weight is 881 g/mol. The summed E-state index contributed by atoms with van der Waals surface area (Å²) in [5.74, 6) is 0. The number of para-hydroxylation sites is 4. The highest BCUT2D eigenvalue weighted by Crippen LogP contribution is 2.49. The van der Waals surface area contributed by atoms with Crippen molar-refractivity contribution in [1.29, 1.82) is 0 Å². The van der Waals surface area contributed by atoms with E-state index >= 15 is 0 Å². The molecule has 4 nitrogen and oxygen atoms in total. The van der Waals surface area contributed by atoms with Gasteiger partial charge in [-0.15, -0.1) is 0 Å².